The molecule has 2 heterocycles. The molecule has 0 aliphatic heterocycles. The van der Waals surface area contributed by atoms with E-state index in [-0.39, 0.29) is 33.9 Å². The van der Waals surface area contributed by atoms with Gasteiger partial charge in [-0.3, -0.25) is 9.36 Å². The van der Waals surface area contributed by atoms with E-state index in [1.54, 1.807) is 27.0 Å². The number of nitrogens with zero attached hydrogens (tertiary/aromatic N) is 4. The second-order valence-corrected chi connectivity index (χ2v) is 10.4. The first-order valence-corrected chi connectivity index (χ1v) is 12.6. The molecule has 0 bridgehead atoms. The predicted molar refractivity (Wildman–Crippen MR) is 143 cm³/mol. The number of benzene rings is 2. The molecule has 4 rings (SSSR count). The van der Waals surface area contributed by atoms with Crippen molar-refractivity contribution in [1.82, 2.24) is 19.5 Å². The Kier molecular flexibility index (Phi) is 7.49. The molecular formula is C28H27BrF2N4O3. The van der Waals surface area contributed by atoms with E-state index in [9.17, 15) is 18.7 Å². The van der Waals surface area contributed by atoms with Gasteiger partial charge in [-0.2, -0.15) is 4.98 Å². The number of rotatable bonds is 6. The fraction of sp³-hybridized carbons (Fsp3) is 0.286. The molecule has 0 aliphatic rings. The minimum absolute atomic E-state index is 0.000370. The van der Waals surface area contributed by atoms with Gasteiger partial charge in [-0.1, -0.05) is 12.1 Å². The standard InChI is InChI=1S/C28H27BrF2N4O3/c1-14-7-8-18(24-15(2)12-32-27(34-24)28(5,6)37)11-21(14)35-17(4)33-25(22(29)26(35)36)38-13-19-9-10-20(30)16(3)23(19)31/h7-12,37H,13H2,1-6H3. The molecule has 0 atom stereocenters. The van der Waals surface area contributed by atoms with Crippen molar-refractivity contribution >= 4 is 15.9 Å². The van der Waals surface area contributed by atoms with Crippen LogP contribution in [0.15, 0.2) is 45.8 Å². The molecule has 0 spiro atoms. The Labute approximate surface area is 227 Å². The van der Waals surface area contributed by atoms with E-state index >= 15 is 0 Å². The van der Waals surface area contributed by atoms with Gasteiger partial charge in [0.2, 0.25) is 5.88 Å². The van der Waals surface area contributed by atoms with Gasteiger partial charge in [0.15, 0.2) is 5.82 Å². The van der Waals surface area contributed by atoms with Gasteiger partial charge in [-0.15, -0.1) is 0 Å². The van der Waals surface area contributed by atoms with Crippen LogP contribution in [0.1, 0.15) is 47.8 Å². The molecule has 38 heavy (non-hydrogen) atoms. The molecule has 0 saturated carbocycles. The fourth-order valence-electron chi connectivity index (χ4n) is 3.96. The minimum atomic E-state index is -1.22. The summed E-state index contributed by atoms with van der Waals surface area (Å²) < 4.78 is 35.2. The first kappa shape index (κ1) is 27.5. The third kappa shape index (κ3) is 5.23. The number of aliphatic hydroxyl groups is 1. The van der Waals surface area contributed by atoms with Gasteiger partial charge in [0.1, 0.15) is 34.1 Å². The molecule has 0 radical (unpaired) electrons. The second-order valence-electron chi connectivity index (χ2n) is 9.64. The molecule has 1 N–H and O–H groups in total. The summed E-state index contributed by atoms with van der Waals surface area (Å²) in [6, 6.07) is 8.07. The second kappa shape index (κ2) is 10.3. The molecular weight excluding hydrogens is 558 g/mol. The Hall–Kier alpha value is -3.50. The highest BCUT2D eigenvalue weighted by Crippen LogP contribution is 2.29. The average molecular weight is 585 g/mol. The Balaban J connectivity index is 1.75. The molecule has 0 aliphatic carbocycles. The van der Waals surface area contributed by atoms with Crippen molar-refractivity contribution in [1.29, 1.82) is 0 Å². The van der Waals surface area contributed by atoms with Crippen LogP contribution in [-0.2, 0) is 12.2 Å². The number of aryl methyl sites for hydroxylation is 3. The molecule has 2 aromatic carbocycles. The van der Waals surface area contributed by atoms with Crippen LogP contribution >= 0.6 is 15.9 Å². The smallest absolute Gasteiger partial charge is 0.276 e. The van der Waals surface area contributed by atoms with E-state index < -0.39 is 22.8 Å². The van der Waals surface area contributed by atoms with Crippen molar-refractivity contribution in [3.63, 3.8) is 0 Å². The van der Waals surface area contributed by atoms with Gasteiger partial charge in [0.25, 0.3) is 5.56 Å². The largest absolute Gasteiger partial charge is 0.472 e. The summed E-state index contributed by atoms with van der Waals surface area (Å²) in [6.45, 7) is 9.75. The average Bonchev–Trinajstić information content (AvgIpc) is 2.85. The molecule has 2 aromatic heterocycles. The first-order chi connectivity index (χ1) is 17.8. The lowest BCUT2D eigenvalue weighted by atomic mass is 10.0. The maximum atomic E-state index is 14.4. The number of hydrogen-bond acceptors (Lipinski definition) is 6. The third-order valence-corrected chi connectivity index (χ3v) is 6.85. The number of hydrogen-bond donors (Lipinski definition) is 1. The zero-order chi connectivity index (χ0) is 27.9. The molecule has 0 unspecified atom stereocenters. The van der Waals surface area contributed by atoms with Gasteiger partial charge < -0.3 is 9.84 Å². The van der Waals surface area contributed by atoms with Crippen molar-refractivity contribution in [2.75, 3.05) is 0 Å². The Bertz CT molecular complexity index is 1610. The highest BCUT2D eigenvalue weighted by molar-refractivity contribution is 9.10. The van der Waals surface area contributed by atoms with Crippen LogP contribution in [0.5, 0.6) is 5.88 Å². The van der Waals surface area contributed by atoms with E-state index in [0.29, 0.717) is 17.2 Å². The van der Waals surface area contributed by atoms with E-state index in [1.165, 1.54) is 23.6 Å². The van der Waals surface area contributed by atoms with Crippen LogP contribution < -0.4 is 10.3 Å². The molecule has 198 valence electrons. The van der Waals surface area contributed by atoms with Crippen LogP contribution in [0, 0.1) is 39.3 Å². The first-order valence-electron chi connectivity index (χ1n) is 11.8. The quantitative estimate of drug-likeness (QED) is 0.309. The maximum Gasteiger partial charge on any atom is 0.276 e. The Morgan fingerprint density at radius 2 is 1.76 bits per heavy atom. The SMILES string of the molecule is Cc1ccc(-c2nc(C(C)(C)O)ncc2C)cc1-n1c(C)nc(OCc2ccc(F)c(C)c2F)c(Br)c1=O. The fourth-order valence-corrected chi connectivity index (χ4v) is 4.34. The van der Waals surface area contributed by atoms with Crippen molar-refractivity contribution in [3.05, 3.63) is 96.9 Å². The molecule has 10 heteroatoms. The normalized spacial score (nSPS) is 11.6. The summed E-state index contributed by atoms with van der Waals surface area (Å²) in [5.74, 6) is -0.713. The van der Waals surface area contributed by atoms with Crippen LogP contribution in [0.2, 0.25) is 0 Å². The van der Waals surface area contributed by atoms with Crippen LogP contribution in [0.25, 0.3) is 16.9 Å². The molecule has 0 saturated heterocycles. The van der Waals surface area contributed by atoms with Crippen LogP contribution in [0.3, 0.4) is 0 Å². The van der Waals surface area contributed by atoms with Crippen LogP contribution in [0.4, 0.5) is 8.78 Å². The van der Waals surface area contributed by atoms with Gasteiger partial charge in [0.05, 0.1) is 11.4 Å². The van der Waals surface area contributed by atoms with E-state index in [1.807, 2.05) is 32.0 Å². The lowest BCUT2D eigenvalue weighted by Gasteiger charge is -2.19. The summed E-state index contributed by atoms with van der Waals surface area (Å²) >= 11 is 3.29. The molecule has 4 aromatic rings. The third-order valence-electron chi connectivity index (χ3n) is 6.17. The van der Waals surface area contributed by atoms with Gasteiger partial charge in [-0.25, -0.2) is 18.7 Å². The maximum absolute atomic E-state index is 14.4. The zero-order valence-corrected chi connectivity index (χ0v) is 23.4. The molecule has 0 fully saturated rings. The van der Waals surface area contributed by atoms with Gasteiger partial charge in [0, 0.05) is 22.9 Å². The topological polar surface area (TPSA) is 90.1 Å². The summed E-state index contributed by atoms with van der Waals surface area (Å²) in [5.41, 5.74) is 2.00. The van der Waals surface area contributed by atoms with Gasteiger partial charge in [-0.05, 0) is 86.8 Å². The van der Waals surface area contributed by atoms with Gasteiger partial charge >= 0.3 is 0 Å². The predicted octanol–water partition coefficient (Wildman–Crippen LogP) is 5.77. The number of ether oxygens (including phenoxy) is 1. The lowest BCUT2D eigenvalue weighted by Crippen LogP contribution is -2.24. The highest BCUT2D eigenvalue weighted by Gasteiger charge is 2.22. The number of halogens is 3. The molecule has 0 amide bonds. The van der Waals surface area contributed by atoms with Crippen molar-refractivity contribution in [3.8, 4) is 22.8 Å². The van der Waals surface area contributed by atoms with Crippen molar-refractivity contribution < 1.29 is 18.6 Å². The number of aromatic nitrogens is 4. The molecule has 7 nitrogen and oxygen atoms in total. The Morgan fingerprint density at radius 3 is 2.45 bits per heavy atom. The minimum Gasteiger partial charge on any atom is -0.472 e. The lowest BCUT2D eigenvalue weighted by molar-refractivity contribution is 0.0688. The van der Waals surface area contributed by atoms with Crippen LogP contribution in [-0.4, -0.2) is 24.6 Å². The van der Waals surface area contributed by atoms with E-state index in [4.69, 9.17) is 4.74 Å². The van der Waals surface area contributed by atoms with Crippen molar-refractivity contribution in [2.45, 2.75) is 53.8 Å². The van der Waals surface area contributed by atoms with Crippen molar-refractivity contribution in [2.24, 2.45) is 0 Å². The summed E-state index contributed by atoms with van der Waals surface area (Å²) in [4.78, 5) is 26.7. The summed E-state index contributed by atoms with van der Waals surface area (Å²) in [7, 11) is 0. The van der Waals surface area contributed by atoms with E-state index in [2.05, 4.69) is 30.9 Å². The summed E-state index contributed by atoms with van der Waals surface area (Å²) in [5, 5.41) is 10.4. The highest BCUT2D eigenvalue weighted by atomic mass is 79.9. The van der Waals surface area contributed by atoms with E-state index in [0.717, 1.165) is 16.7 Å². The monoisotopic (exact) mass is 584 g/mol. The zero-order valence-electron chi connectivity index (χ0n) is 21.9. The summed E-state index contributed by atoms with van der Waals surface area (Å²) in [6.07, 6.45) is 1.66. The Morgan fingerprint density at radius 1 is 1.05 bits per heavy atom.